The molecule has 0 amide bonds. The smallest absolute Gasteiger partial charge is 0.200 e. The third-order valence-corrected chi connectivity index (χ3v) is 3.35. The molecule has 0 spiro atoms. The van der Waals surface area contributed by atoms with Crippen LogP contribution in [0.3, 0.4) is 0 Å². The van der Waals surface area contributed by atoms with Gasteiger partial charge in [0.05, 0.1) is 17.5 Å². The molecule has 3 aromatic rings. The van der Waals surface area contributed by atoms with Gasteiger partial charge in [0.15, 0.2) is 29.1 Å². The molecule has 0 aliphatic rings. The Morgan fingerprint density at radius 3 is 1.92 bits per heavy atom. The number of hydrogen-bond acceptors (Lipinski definition) is 4. The molecule has 0 saturated carbocycles. The van der Waals surface area contributed by atoms with Crippen LogP contribution in [-0.4, -0.2) is 16.4 Å². The first-order valence-corrected chi connectivity index (χ1v) is 7.18. The van der Waals surface area contributed by atoms with Crippen molar-refractivity contribution in [3.8, 4) is 11.3 Å². The van der Waals surface area contributed by atoms with Crippen LogP contribution in [0.1, 0.15) is 5.56 Å². The van der Waals surface area contributed by atoms with E-state index in [1.165, 1.54) is 6.07 Å². The summed E-state index contributed by atoms with van der Waals surface area (Å²) >= 11 is 0. The van der Waals surface area contributed by atoms with Crippen molar-refractivity contribution in [3.63, 3.8) is 0 Å². The van der Waals surface area contributed by atoms with E-state index in [-0.39, 0.29) is 5.82 Å². The predicted molar refractivity (Wildman–Crippen MR) is 84.9 cm³/mol. The van der Waals surface area contributed by atoms with Crippen molar-refractivity contribution in [3.05, 3.63) is 77.1 Å². The number of anilines is 1. The maximum atomic E-state index is 13.5. The standard InChI is InChI=1S/C17H9F5N4/c18-13-10(14(19)16(21)17(22)15(13)20)8-23-25-12-7-6-11(24-26-12)9-4-2-1-3-5-9/h1-8H,(H,25,26). The van der Waals surface area contributed by atoms with E-state index in [0.717, 1.165) is 5.56 Å². The van der Waals surface area contributed by atoms with Gasteiger partial charge in [-0.2, -0.15) is 5.10 Å². The van der Waals surface area contributed by atoms with Crippen LogP contribution in [0.4, 0.5) is 27.8 Å². The van der Waals surface area contributed by atoms with Crippen LogP contribution in [0.5, 0.6) is 0 Å². The quantitative estimate of drug-likeness (QED) is 0.247. The highest BCUT2D eigenvalue weighted by Gasteiger charge is 2.24. The molecule has 0 bridgehead atoms. The normalized spacial score (nSPS) is 11.1. The minimum Gasteiger partial charge on any atom is -0.260 e. The minimum absolute atomic E-state index is 0.116. The van der Waals surface area contributed by atoms with E-state index < -0.39 is 34.6 Å². The molecule has 0 fully saturated rings. The Hall–Kier alpha value is -3.36. The Kier molecular flexibility index (Phi) is 4.87. The van der Waals surface area contributed by atoms with Crippen LogP contribution in [0.25, 0.3) is 11.3 Å². The number of hydrazone groups is 1. The van der Waals surface area contributed by atoms with E-state index in [9.17, 15) is 22.0 Å². The lowest BCUT2D eigenvalue weighted by atomic mass is 10.1. The summed E-state index contributed by atoms with van der Waals surface area (Å²) in [5.74, 6) is -10.2. The molecule has 4 nitrogen and oxygen atoms in total. The van der Waals surface area contributed by atoms with Gasteiger partial charge in [0.2, 0.25) is 5.82 Å². The number of nitrogens with one attached hydrogen (secondary N) is 1. The topological polar surface area (TPSA) is 50.2 Å². The lowest BCUT2D eigenvalue weighted by Crippen LogP contribution is -2.07. The molecule has 0 aliphatic heterocycles. The molecule has 0 aliphatic carbocycles. The highest BCUT2D eigenvalue weighted by atomic mass is 19.2. The summed E-state index contributed by atoms with van der Waals surface area (Å²) in [6, 6.07) is 12.3. The summed E-state index contributed by atoms with van der Waals surface area (Å²) in [5, 5.41) is 11.2. The number of aromatic nitrogens is 2. The molecule has 0 radical (unpaired) electrons. The fourth-order valence-corrected chi connectivity index (χ4v) is 2.05. The molecular formula is C17H9F5N4. The fourth-order valence-electron chi connectivity index (χ4n) is 2.05. The maximum Gasteiger partial charge on any atom is 0.200 e. The third kappa shape index (κ3) is 3.37. The molecule has 26 heavy (non-hydrogen) atoms. The second kappa shape index (κ2) is 7.26. The Morgan fingerprint density at radius 2 is 1.35 bits per heavy atom. The molecular weight excluding hydrogens is 355 g/mol. The van der Waals surface area contributed by atoms with E-state index in [4.69, 9.17) is 0 Å². The van der Waals surface area contributed by atoms with Crippen LogP contribution in [0.2, 0.25) is 0 Å². The first-order chi connectivity index (χ1) is 12.5. The molecule has 1 aromatic heterocycles. The van der Waals surface area contributed by atoms with Gasteiger partial charge in [-0.1, -0.05) is 30.3 Å². The molecule has 1 N–H and O–H groups in total. The zero-order valence-electron chi connectivity index (χ0n) is 12.9. The van der Waals surface area contributed by atoms with Crippen molar-refractivity contribution in [2.45, 2.75) is 0 Å². The van der Waals surface area contributed by atoms with Gasteiger partial charge in [0.1, 0.15) is 0 Å². The summed E-state index contributed by atoms with van der Waals surface area (Å²) in [6.45, 7) is 0. The monoisotopic (exact) mass is 364 g/mol. The Morgan fingerprint density at radius 1 is 0.731 bits per heavy atom. The Labute approximate surface area is 144 Å². The Balaban J connectivity index is 1.78. The molecule has 0 atom stereocenters. The third-order valence-electron chi connectivity index (χ3n) is 3.35. The summed E-state index contributed by atoms with van der Waals surface area (Å²) in [5.41, 5.74) is 2.55. The van der Waals surface area contributed by atoms with Crippen molar-refractivity contribution in [2.75, 3.05) is 5.43 Å². The van der Waals surface area contributed by atoms with Crippen molar-refractivity contribution in [1.82, 2.24) is 10.2 Å². The van der Waals surface area contributed by atoms with Crippen LogP contribution < -0.4 is 5.43 Å². The van der Waals surface area contributed by atoms with Gasteiger partial charge >= 0.3 is 0 Å². The highest BCUT2D eigenvalue weighted by molar-refractivity contribution is 5.81. The lowest BCUT2D eigenvalue weighted by molar-refractivity contribution is 0.377. The molecule has 0 unspecified atom stereocenters. The van der Waals surface area contributed by atoms with E-state index in [2.05, 4.69) is 20.7 Å². The van der Waals surface area contributed by atoms with Crippen LogP contribution in [-0.2, 0) is 0 Å². The second-order valence-electron chi connectivity index (χ2n) is 5.02. The van der Waals surface area contributed by atoms with Crippen molar-refractivity contribution < 1.29 is 22.0 Å². The van der Waals surface area contributed by atoms with Crippen molar-refractivity contribution in [2.24, 2.45) is 5.10 Å². The molecule has 132 valence electrons. The zero-order valence-corrected chi connectivity index (χ0v) is 12.9. The molecule has 3 rings (SSSR count). The van der Waals surface area contributed by atoms with Gasteiger partial charge in [-0.15, -0.1) is 10.2 Å². The summed E-state index contributed by atoms with van der Waals surface area (Å²) in [4.78, 5) is 0. The SMILES string of the molecule is Fc1c(F)c(F)c(C=NNc2ccc(-c3ccccc3)nn2)c(F)c1F. The number of hydrogen-bond donors (Lipinski definition) is 1. The summed E-state index contributed by atoms with van der Waals surface area (Å²) in [7, 11) is 0. The Bertz CT molecular complexity index is 930. The largest absolute Gasteiger partial charge is 0.260 e. The van der Waals surface area contributed by atoms with Gasteiger partial charge in [-0.3, -0.25) is 5.43 Å². The molecule has 9 heteroatoms. The van der Waals surface area contributed by atoms with Crippen LogP contribution in [0.15, 0.2) is 47.6 Å². The van der Waals surface area contributed by atoms with Gasteiger partial charge in [0.25, 0.3) is 0 Å². The van der Waals surface area contributed by atoms with E-state index in [0.29, 0.717) is 11.9 Å². The first kappa shape index (κ1) is 17.5. The highest BCUT2D eigenvalue weighted by Crippen LogP contribution is 2.22. The minimum atomic E-state index is -2.23. The van der Waals surface area contributed by atoms with Crippen LogP contribution >= 0.6 is 0 Å². The zero-order chi connectivity index (χ0) is 18.7. The van der Waals surface area contributed by atoms with Gasteiger partial charge in [-0.05, 0) is 12.1 Å². The van der Waals surface area contributed by atoms with Crippen molar-refractivity contribution in [1.29, 1.82) is 0 Å². The van der Waals surface area contributed by atoms with E-state index in [1.54, 1.807) is 6.07 Å². The average molecular weight is 364 g/mol. The van der Waals surface area contributed by atoms with Gasteiger partial charge < -0.3 is 0 Å². The number of nitrogens with zero attached hydrogens (tertiary/aromatic N) is 3. The van der Waals surface area contributed by atoms with Crippen molar-refractivity contribution >= 4 is 12.0 Å². The maximum absolute atomic E-state index is 13.5. The molecule has 2 aromatic carbocycles. The predicted octanol–water partition coefficient (Wildman–Crippen LogP) is 4.29. The summed E-state index contributed by atoms with van der Waals surface area (Å²) in [6.07, 6.45) is 0.475. The van der Waals surface area contributed by atoms with Crippen LogP contribution in [0, 0.1) is 29.1 Å². The number of benzene rings is 2. The summed E-state index contributed by atoms with van der Waals surface area (Å²) < 4.78 is 66.1. The van der Waals surface area contributed by atoms with E-state index in [1.807, 2.05) is 30.3 Å². The lowest BCUT2D eigenvalue weighted by Gasteiger charge is -2.04. The van der Waals surface area contributed by atoms with Gasteiger partial charge in [0, 0.05) is 5.56 Å². The first-order valence-electron chi connectivity index (χ1n) is 7.18. The second-order valence-corrected chi connectivity index (χ2v) is 5.02. The van der Waals surface area contributed by atoms with E-state index >= 15 is 0 Å². The average Bonchev–Trinajstić information content (AvgIpc) is 2.68. The number of rotatable bonds is 4. The van der Waals surface area contributed by atoms with Gasteiger partial charge in [-0.25, -0.2) is 22.0 Å². The number of halogens is 5. The fraction of sp³-hybridized carbons (Fsp3) is 0. The molecule has 0 saturated heterocycles. The molecule has 1 heterocycles.